The van der Waals surface area contributed by atoms with Crippen LogP contribution in [0.1, 0.15) is 24.8 Å². The van der Waals surface area contributed by atoms with Crippen molar-refractivity contribution in [3.63, 3.8) is 0 Å². The summed E-state index contributed by atoms with van der Waals surface area (Å²) in [4.78, 5) is 11.8. The molecule has 2 rings (SSSR count). The molecule has 1 unspecified atom stereocenters. The number of benzene rings is 1. The predicted octanol–water partition coefficient (Wildman–Crippen LogP) is 1.88. The number of hydrogen-bond acceptors (Lipinski definition) is 4. The maximum Gasteiger partial charge on any atom is 0.222 e. The van der Waals surface area contributed by atoms with Crippen molar-refractivity contribution in [3.05, 3.63) is 29.8 Å². The third-order valence-electron chi connectivity index (χ3n) is 3.63. The summed E-state index contributed by atoms with van der Waals surface area (Å²) in [6.07, 6.45) is 2.57. The normalized spacial score (nSPS) is 14.8. The van der Waals surface area contributed by atoms with Crippen LogP contribution >= 0.6 is 12.4 Å². The SMILES string of the molecule is COC(CN)CC(=O)NCc1ccccc1OCC1CC1.Cl. The molecule has 1 saturated carbocycles. The molecule has 1 atom stereocenters. The van der Waals surface area contributed by atoms with Gasteiger partial charge < -0.3 is 20.5 Å². The molecule has 0 heterocycles. The molecular weight excluding hydrogens is 304 g/mol. The maximum absolute atomic E-state index is 11.8. The maximum atomic E-state index is 11.8. The number of nitrogens with one attached hydrogen (secondary N) is 1. The third kappa shape index (κ3) is 6.22. The molecular formula is C16H25ClN2O3. The first-order valence-corrected chi connectivity index (χ1v) is 7.43. The minimum atomic E-state index is -0.230. The van der Waals surface area contributed by atoms with Gasteiger partial charge in [-0.05, 0) is 24.8 Å². The molecule has 0 saturated heterocycles. The molecule has 0 aromatic heterocycles. The smallest absolute Gasteiger partial charge is 0.222 e. The molecule has 6 heteroatoms. The van der Waals surface area contributed by atoms with E-state index in [0.717, 1.165) is 17.9 Å². The van der Waals surface area contributed by atoms with Gasteiger partial charge >= 0.3 is 0 Å². The van der Waals surface area contributed by atoms with Crippen LogP contribution in [0, 0.1) is 5.92 Å². The minimum Gasteiger partial charge on any atom is -0.493 e. The zero-order valence-electron chi connectivity index (χ0n) is 12.9. The highest BCUT2D eigenvalue weighted by molar-refractivity contribution is 5.85. The van der Waals surface area contributed by atoms with Gasteiger partial charge in [0.1, 0.15) is 5.75 Å². The van der Waals surface area contributed by atoms with Gasteiger partial charge in [-0.2, -0.15) is 0 Å². The molecule has 5 nitrogen and oxygen atoms in total. The van der Waals surface area contributed by atoms with Crippen molar-refractivity contribution in [1.82, 2.24) is 5.32 Å². The summed E-state index contributed by atoms with van der Waals surface area (Å²) in [5.74, 6) is 1.50. The Morgan fingerprint density at radius 2 is 2.14 bits per heavy atom. The van der Waals surface area contributed by atoms with E-state index >= 15 is 0 Å². The highest BCUT2D eigenvalue weighted by Gasteiger charge is 2.22. The van der Waals surface area contributed by atoms with Gasteiger partial charge in [0.15, 0.2) is 0 Å². The molecule has 1 aromatic carbocycles. The average molecular weight is 329 g/mol. The van der Waals surface area contributed by atoms with E-state index in [1.54, 1.807) is 7.11 Å². The minimum absolute atomic E-state index is 0. The van der Waals surface area contributed by atoms with Gasteiger partial charge in [-0.1, -0.05) is 18.2 Å². The van der Waals surface area contributed by atoms with Crippen molar-refractivity contribution in [2.24, 2.45) is 11.7 Å². The van der Waals surface area contributed by atoms with Crippen LogP contribution in [-0.2, 0) is 16.1 Å². The summed E-state index contributed by atoms with van der Waals surface area (Å²) in [5.41, 5.74) is 6.51. The fourth-order valence-corrected chi connectivity index (χ4v) is 2.02. The van der Waals surface area contributed by atoms with E-state index in [1.165, 1.54) is 12.8 Å². The second kappa shape index (κ2) is 9.66. The van der Waals surface area contributed by atoms with E-state index in [-0.39, 0.29) is 30.8 Å². The lowest BCUT2D eigenvalue weighted by atomic mass is 10.2. The molecule has 0 radical (unpaired) electrons. The second-order valence-electron chi connectivity index (χ2n) is 5.44. The van der Waals surface area contributed by atoms with Crippen LogP contribution < -0.4 is 15.8 Å². The molecule has 0 spiro atoms. The van der Waals surface area contributed by atoms with E-state index < -0.39 is 0 Å². The zero-order valence-corrected chi connectivity index (χ0v) is 13.7. The summed E-state index contributed by atoms with van der Waals surface area (Å²) in [7, 11) is 1.56. The van der Waals surface area contributed by atoms with Gasteiger partial charge in [-0.3, -0.25) is 4.79 Å². The predicted molar refractivity (Wildman–Crippen MR) is 88.2 cm³/mol. The van der Waals surface area contributed by atoms with Gasteiger partial charge in [0.25, 0.3) is 0 Å². The Labute approximate surface area is 138 Å². The summed E-state index contributed by atoms with van der Waals surface area (Å²) in [6, 6.07) is 7.81. The number of ether oxygens (including phenoxy) is 2. The summed E-state index contributed by atoms with van der Waals surface area (Å²) in [6.45, 7) is 1.57. The number of hydrogen-bond donors (Lipinski definition) is 2. The number of amides is 1. The fraction of sp³-hybridized carbons (Fsp3) is 0.562. The molecule has 1 aromatic rings. The largest absolute Gasteiger partial charge is 0.493 e. The molecule has 0 bridgehead atoms. The lowest BCUT2D eigenvalue weighted by Crippen LogP contribution is -2.32. The number of methoxy groups -OCH3 is 1. The van der Waals surface area contributed by atoms with Crippen LogP contribution in [0.2, 0.25) is 0 Å². The van der Waals surface area contributed by atoms with Crippen molar-refractivity contribution in [3.8, 4) is 5.75 Å². The molecule has 22 heavy (non-hydrogen) atoms. The standard InChI is InChI=1S/C16H24N2O3.ClH/c1-20-14(9-17)8-16(19)18-10-13-4-2-3-5-15(13)21-11-12-6-7-12;/h2-5,12,14H,6-11,17H2,1H3,(H,18,19);1H. The fourth-order valence-electron chi connectivity index (χ4n) is 2.02. The highest BCUT2D eigenvalue weighted by Crippen LogP contribution is 2.30. The van der Waals surface area contributed by atoms with Crippen molar-refractivity contribution < 1.29 is 14.3 Å². The van der Waals surface area contributed by atoms with Crippen molar-refractivity contribution in [1.29, 1.82) is 0 Å². The first kappa shape index (κ1) is 18.7. The topological polar surface area (TPSA) is 73.6 Å². The van der Waals surface area contributed by atoms with E-state index in [2.05, 4.69) is 5.32 Å². The molecule has 0 aliphatic heterocycles. The van der Waals surface area contributed by atoms with Crippen LogP contribution in [0.3, 0.4) is 0 Å². The lowest BCUT2D eigenvalue weighted by molar-refractivity contribution is -0.123. The summed E-state index contributed by atoms with van der Waals surface area (Å²) < 4.78 is 10.9. The van der Waals surface area contributed by atoms with Gasteiger partial charge in [0, 0.05) is 25.8 Å². The molecule has 1 aliphatic rings. The van der Waals surface area contributed by atoms with E-state index in [4.69, 9.17) is 15.2 Å². The Kier molecular flexibility index (Phi) is 8.24. The Bertz CT molecular complexity index is 462. The number of rotatable bonds is 9. The Hall–Kier alpha value is -1.30. The van der Waals surface area contributed by atoms with Crippen molar-refractivity contribution in [2.45, 2.75) is 31.9 Å². The lowest BCUT2D eigenvalue weighted by Gasteiger charge is -2.14. The second-order valence-corrected chi connectivity index (χ2v) is 5.44. The van der Waals surface area contributed by atoms with E-state index in [9.17, 15) is 4.79 Å². The Morgan fingerprint density at radius 1 is 1.41 bits per heavy atom. The average Bonchev–Trinajstić information content (AvgIpc) is 3.33. The molecule has 124 valence electrons. The Balaban J connectivity index is 0.00000242. The first-order chi connectivity index (χ1) is 10.2. The Morgan fingerprint density at radius 3 is 2.77 bits per heavy atom. The first-order valence-electron chi connectivity index (χ1n) is 7.43. The van der Waals surface area contributed by atoms with Crippen LogP contribution in [0.15, 0.2) is 24.3 Å². The van der Waals surface area contributed by atoms with E-state index in [0.29, 0.717) is 19.0 Å². The number of carbonyl (C=O) groups excluding carboxylic acids is 1. The van der Waals surface area contributed by atoms with Crippen LogP contribution in [-0.4, -0.2) is 32.3 Å². The third-order valence-corrected chi connectivity index (χ3v) is 3.63. The van der Waals surface area contributed by atoms with Crippen LogP contribution in [0.5, 0.6) is 5.75 Å². The number of para-hydroxylation sites is 1. The highest BCUT2D eigenvalue weighted by atomic mass is 35.5. The molecule has 3 N–H and O–H groups in total. The monoisotopic (exact) mass is 328 g/mol. The summed E-state index contributed by atoms with van der Waals surface area (Å²) >= 11 is 0. The van der Waals surface area contributed by atoms with Gasteiger partial charge in [-0.15, -0.1) is 12.4 Å². The van der Waals surface area contributed by atoms with Gasteiger partial charge in [-0.25, -0.2) is 0 Å². The number of halogens is 1. The van der Waals surface area contributed by atoms with Gasteiger partial charge in [0.2, 0.25) is 5.91 Å². The molecule has 1 aliphatic carbocycles. The molecule has 1 fully saturated rings. The zero-order chi connectivity index (χ0) is 15.1. The van der Waals surface area contributed by atoms with E-state index in [1.807, 2.05) is 24.3 Å². The van der Waals surface area contributed by atoms with Crippen molar-refractivity contribution in [2.75, 3.05) is 20.3 Å². The van der Waals surface area contributed by atoms with Crippen molar-refractivity contribution >= 4 is 18.3 Å². The molecule has 1 amide bonds. The van der Waals surface area contributed by atoms with Crippen LogP contribution in [0.25, 0.3) is 0 Å². The summed E-state index contributed by atoms with van der Waals surface area (Å²) in [5, 5.41) is 2.89. The quantitative estimate of drug-likeness (QED) is 0.726. The number of nitrogens with two attached hydrogens (primary N) is 1. The van der Waals surface area contributed by atoms with Crippen LogP contribution in [0.4, 0.5) is 0 Å². The number of carbonyl (C=O) groups is 1. The van der Waals surface area contributed by atoms with Gasteiger partial charge in [0.05, 0.1) is 19.1 Å².